The van der Waals surface area contributed by atoms with E-state index in [2.05, 4.69) is 5.32 Å². The van der Waals surface area contributed by atoms with Crippen LogP contribution in [0.2, 0.25) is 0 Å². The highest BCUT2D eigenvalue weighted by Gasteiger charge is 2.40. The molecule has 9 heteroatoms. The molecule has 0 aromatic heterocycles. The van der Waals surface area contributed by atoms with Gasteiger partial charge in [0.1, 0.15) is 18.4 Å². The molecule has 1 aliphatic carbocycles. The molecule has 9 nitrogen and oxygen atoms in total. The zero-order chi connectivity index (χ0) is 27.5. The Kier molecular flexibility index (Phi) is 7.35. The van der Waals surface area contributed by atoms with E-state index in [1.165, 1.54) is 4.90 Å². The zero-order valence-corrected chi connectivity index (χ0v) is 22.3. The summed E-state index contributed by atoms with van der Waals surface area (Å²) in [4.78, 5) is 30.1. The number of anilines is 1. The Hall–Kier alpha value is -4.40. The van der Waals surface area contributed by atoms with Crippen molar-refractivity contribution in [1.82, 2.24) is 5.32 Å². The van der Waals surface area contributed by atoms with Gasteiger partial charge in [0, 0.05) is 17.8 Å². The van der Waals surface area contributed by atoms with E-state index in [1.807, 2.05) is 24.3 Å². The van der Waals surface area contributed by atoms with E-state index in [0.29, 0.717) is 40.0 Å². The molecule has 1 fully saturated rings. The predicted octanol–water partition coefficient (Wildman–Crippen LogP) is 4.79. The number of carbonyl (C=O) groups excluding carboxylic acids is 2. The van der Waals surface area contributed by atoms with Crippen molar-refractivity contribution in [3.05, 3.63) is 72.3 Å². The predicted molar refractivity (Wildman–Crippen MR) is 147 cm³/mol. The number of nitrogens with one attached hydrogen (secondary N) is 1. The Morgan fingerprint density at radius 2 is 1.65 bits per heavy atom. The normalized spacial score (nSPS) is 18.5. The van der Waals surface area contributed by atoms with Crippen LogP contribution in [-0.2, 0) is 9.59 Å². The second-order valence-electron chi connectivity index (χ2n) is 10.1. The SMILES string of the molecule is COc1cccc([C@@H](C(=O)NC2CCCCC2)N(C(=O)[C@@H]2COc3ccccc3O2)c2ccc3c(c2)OCO3)c1. The summed E-state index contributed by atoms with van der Waals surface area (Å²) < 4.78 is 28.6. The molecule has 0 spiro atoms. The maximum absolute atomic E-state index is 14.4. The highest BCUT2D eigenvalue weighted by molar-refractivity contribution is 6.04. The number of nitrogens with zero attached hydrogens (tertiary/aromatic N) is 1. The first-order valence-electron chi connectivity index (χ1n) is 13.7. The third-order valence-corrected chi connectivity index (χ3v) is 7.52. The minimum atomic E-state index is -1.01. The van der Waals surface area contributed by atoms with Crippen LogP contribution in [0.1, 0.15) is 43.7 Å². The summed E-state index contributed by atoms with van der Waals surface area (Å²) in [5.41, 5.74) is 1.08. The van der Waals surface area contributed by atoms with Crippen molar-refractivity contribution in [2.75, 3.05) is 25.4 Å². The van der Waals surface area contributed by atoms with Crippen molar-refractivity contribution >= 4 is 17.5 Å². The summed E-state index contributed by atoms with van der Waals surface area (Å²) in [6.45, 7) is 0.0938. The van der Waals surface area contributed by atoms with Crippen LogP contribution in [-0.4, -0.2) is 44.5 Å². The van der Waals surface area contributed by atoms with Gasteiger partial charge in [0.25, 0.3) is 5.91 Å². The van der Waals surface area contributed by atoms with Crippen LogP contribution in [0.5, 0.6) is 28.7 Å². The van der Waals surface area contributed by atoms with Crippen LogP contribution in [0.25, 0.3) is 0 Å². The van der Waals surface area contributed by atoms with E-state index < -0.39 is 18.1 Å². The Balaban J connectivity index is 1.42. The minimum absolute atomic E-state index is 0.00593. The lowest BCUT2D eigenvalue weighted by Crippen LogP contribution is -2.52. The third-order valence-electron chi connectivity index (χ3n) is 7.52. The Morgan fingerprint density at radius 3 is 2.48 bits per heavy atom. The summed E-state index contributed by atoms with van der Waals surface area (Å²) in [6, 6.07) is 18.7. The summed E-state index contributed by atoms with van der Waals surface area (Å²) in [5.74, 6) is 2.01. The van der Waals surface area contributed by atoms with Gasteiger partial charge in [-0.25, -0.2) is 0 Å². The molecule has 0 saturated heterocycles. The number of hydrogen-bond acceptors (Lipinski definition) is 7. The van der Waals surface area contributed by atoms with Crippen molar-refractivity contribution in [3.8, 4) is 28.7 Å². The molecule has 208 valence electrons. The number of amides is 2. The average molecular weight is 545 g/mol. The van der Waals surface area contributed by atoms with Gasteiger partial charge in [-0.1, -0.05) is 43.5 Å². The molecule has 3 aromatic carbocycles. The van der Waals surface area contributed by atoms with Crippen molar-refractivity contribution in [2.45, 2.75) is 50.3 Å². The van der Waals surface area contributed by atoms with E-state index in [0.717, 1.165) is 32.1 Å². The Labute approximate surface area is 232 Å². The highest BCUT2D eigenvalue weighted by atomic mass is 16.7. The number of hydrogen-bond donors (Lipinski definition) is 1. The van der Waals surface area contributed by atoms with Crippen LogP contribution in [0.15, 0.2) is 66.7 Å². The van der Waals surface area contributed by atoms with E-state index in [4.69, 9.17) is 23.7 Å². The molecule has 0 radical (unpaired) electrons. The van der Waals surface area contributed by atoms with Gasteiger partial charge in [0.2, 0.25) is 18.8 Å². The topological polar surface area (TPSA) is 95.6 Å². The van der Waals surface area contributed by atoms with Gasteiger partial charge >= 0.3 is 0 Å². The minimum Gasteiger partial charge on any atom is -0.497 e. The van der Waals surface area contributed by atoms with E-state index in [9.17, 15) is 9.59 Å². The second kappa shape index (κ2) is 11.4. The van der Waals surface area contributed by atoms with Crippen molar-refractivity contribution in [1.29, 1.82) is 0 Å². The molecule has 2 atom stereocenters. The average Bonchev–Trinajstić information content (AvgIpc) is 3.48. The molecule has 2 heterocycles. The number of methoxy groups -OCH3 is 1. The first kappa shape index (κ1) is 25.9. The lowest BCUT2D eigenvalue weighted by molar-refractivity contribution is -0.132. The van der Waals surface area contributed by atoms with Crippen molar-refractivity contribution in [3.63, 3.8) is 0 Å². The molecule has 2 amide bonds. The van der Waals surface area contributed by atoms with Gasteiger partial charge in [-0.3, -0.25) is 14.5 Å². The number of benzene rings is 3. The molecular weight excluding hydrogens is 512 g/mol. The molecule has 6 rings (SSSR count). The summed E-state index contributed by atoms with van der Waals surface area (Å²) in [6.07, 6.45) is 4.12. The third kappa shape index (κ3) is 5.23. The fourth-order valence-electron chi connectivity index (χ4n) is 5.49. The monoisotopic (exact) mass is 544 g/mol. The number of fused-ring (bicyclic) bond motifs is 2. The number of rotatable bonds is 7. The summed E-state index contributed by atoms with van der Waals surface area (Å²) >= 11 is 0. The largest absolute Gasteiger partial charge is 0.497 e. The fraction of sp³-hybridized carbons (Fsp3) is 0.355. The molecule has 3 aliphatic rings. The highest BCUT2D eigenvalue weighted by Crippen LogP contribution is 2.40. The summed E-state index contributed by atoms with van der Waals surface area (Å²) in [5, 5.41) is 3.23. The van der Waals surface area contributed by atoms with Gasteiger partial charge in [0.15, 0.2) is 23.0 Å². The van der Waals surface area contributed by atoms with Crippen LogP contribution < -0.4 is 33.9 Å². The van der Waals surface area contributed by atoms with E-state index in [-0.39, 0.29) is 25.3 Å². The molecule has 1 saturated carbocycles. The quantitative estimate of drug-likeness (QED) is 0.457. The number of carbonyl (C=O) groups is 2. The Morgan fingerprint density at radius 1 is 0.875 bits per heavy atom. The Bertz CT molecular complexity index is 1390. The van der Waals surface area contributed by atoms with Gasteiger partial charge in [-0.05, 0) is 54.8 Å². The van der Waals surface area contributed by atoms with Crippen LogP contribution >= 0.6 is 0 Å². The smallest absolute Gasteiger partial charge is 0.272 e. The van der Waals surface area contributed by atoms with Crippen molar-refractivity contribution < 1.29 is 33.3 Å². The van der Waals surface area contributed by atoms with Gasteiger partial charge in [0.05, 0.1) is 7.11 Å². The van der Waals surface area contributed by atoms with Crippen LogP contribution in [0, 0.1) is 0 Å². The van der Waals surface area contributed by atoms with Crippen LogP contribution in [0.3, 0.4) is 0 Å². The number of para-hydroxylation sites is 2. The van der Waals surface area contributed by atoms with Gasteiger partial charge in [-0.2, -0.15) is 0 Å². The lowest BCUT2D eigenvalue weighted by atomic mass is 9.94. The molecule has 0 bridgehead atoms. The van der Waals surface area contributed by atoms with Crippen LogP contribution in [0.4, 0.5) is 5.69 Å². The molecule has 40 heavy (non-hydrogen) atoms. The molecule has 1 N–H and O–H groups in total. The maximum atomic E-state index is 14.4. The molecule has 0 unspecified atom stereocenters. The van der Waals surface area contributed by atoms with E-state index >= 15 is 0 Å². The first-order valence-corrected chi connectivity index (χ1v) is 13.7. The molecular formula is C31H32N2O7. The lowest BCUT2D eigenvalue weighted by Gasteiger charge is -2.36. The van der Waals surface area contributed by atoms with E-state index in [1.54, 1.807) is 49.6 Å². The first-order chi connectivity index (χ1) is 19.6. The number of ether oxygens (including phenoxy) is 5. The summed E-state index contributed by atoms with van der Waals surface area (Å²) in [7, 11) is 1.57. The zero-order valence-electron chi connectivity index (χ0n) is 22.3. The standard InChI is InChI=1S/C31H32N2O7/c1-36-23-11-7-8-20(16-23)29(30(34)32-21-9-3-2-4-10-21)33(22-14-15-25-27(17-22)39-19-38-25)31(35)28-18-37-24-12-5-6-13-26(24)40-28/h5-8,11-17,21,28-29H,2-4,9-10,18-19H2,1H3,(H,32,34)/t28-,29-/m0/s1. The van der Waals surface area contributed by atoms with Crippen molar-refractivity contribution in [2.24, 2.45) is 0 Å². The molecule has 3 aromatic rings. The van der Waals surface area contributed by atoms with Gasteiger partial charge < -0.3 is 29.0 Å². The van der Waals surface area contributed by atoms with Gasteiger partial charge in [-0.15, -0.1) is 0 Å². The maximum Gasteiger partial charge on any atom is 0.272 e. The second-order valence-corrected chi connectivity index (χ2v) is 10.1. The molecule has 2 aliphatic heterocycles. The fourth-order valence-corrected chi connectivity index (χ4v) is 5.49.